The topological polar surface area (TPSA) is 69.3 Å². The van der Waals surface area contributed by atoms with Gasteiger partial charge >= 0.3 is 0 Å². The number of aromatic nitrogens is 6. The first kappa shape index (κ1) is 51.8. The summed E-state index contributed by atoms with van der Waals surface area (Å²) in [5, 5.41) is 19.4. The van der Waals surface area contributed by atoms with Crippen LogP contribution in [0.3, 0.4) is 0 Å². The van der Waals surface area contributed by atoms with E-state index in [9.17, 15) is 9.65 Å². The summed E-state index contributed by atoms with van der Waals surface area (Å²) in [5.74, 6) is -0.0861. The third-order valence-electron chi connectivity index (χ3n) is 18.3. The minimum Gasteiger partial charge on any atom is -0.309 e. The molecule has 0 saturated carbocycles. The van der Waals surface area contributed by atoms with Gasteiger partial charge in [-0.1, -0.05) is 146 Å². The van der Waals surface area contributed by atoms with Crippen molar-refractivity contribution < 1.29 is 4.39 Å². The van der Waals surface area contributed by atoms with Crippen LogP contribution in [0.25, 0.3) is 166 Å². The zero-order valence-corrected chi connectivity index (χ0v) is 48.9. The van der Waals surface area contributed by atoms with Crippen LogP contribution in [0.2, 0.25) is 0 Å². The van der Waals surface area contributed by atoms with Crippen LogP contribution < -0.4 is 0 Å². The number of halogens is 1. The van der Waals surface area contributed by atoms with Gasteiger partial charge in [-0.2, -0.15) is 5.26 Å². The van der Waals surface area contributed by atoms with Crippen molar-refractivity contribution in [2.45, 2.75) is 0 Å². The van der Waals surface area contributed by atoms with Crippen LogP contribution in [-0.4, -0.2) is 28.2 Å². The summed E-state index contributed by atoms with van der Waals surface area (Å²) in [7, 11) is 0. The SMILES string of the molecule is N#Cc1cc(-c2cc(-c3cccc(-n4c5ccccc5c5cc(-c6ccc7c(c6)c6ccccc6n7-c6ccccc6)ccc54)c3)nc(-c3ccc(-n4c5ccccc5c5cc(-c6ccc7c(c6)c6ccccc6n7-c6ccccc6)ccc54)cc3)n2)ccc1F. The minimum atomic E-state index is -0.582. The lowest BCUT2D eigenvalue weighted by Crippen LogP contribution is -1.99. The molecule has 18 aromatic rings. The van der Waals surface area contributed by atoms with Gasteiger partial charge in [0.05, 0.1) is 61.1 Å². The lowest BCUT2D eigenvalue weighted by atomic mass is 10.0. The summed E-state index contributed by atoms with van der Waals surface area (Å²) in [6, 6.07) is 108. The summed E-state index contributed by atoms with van der Waals surface area (Å²) in [4.78, 5) is 10.5. The van der Waals surface area contributed by atoms with E-state index in [0.717, 1.165) is 99.7 Å². The molecule has 8 heteroatoms. The predicted molar refractivity (Wildman–Crippen MR) is 371 cm³/mol. The van der Waals surface area contributed by atoms with E-state index in [0.29, 0.717) is 22.8 Å². The van der Waals surface area contributed by atoms with E-state index in [1.54, 1.807) is 12.1 Å². The molecule has 0 bridgehead atoms. The van der Waals surface area contributed by atoms with Crippen LogP contribution in [0.5, 0.6) is 0 Å². The van der Waals surface area contributed by atoms with Gasteiger partial charge in [0, 0.05) is 82.5 Å². The molecule has 7 nitrogen and oxygen atoms in total. The maximum Gasteiger partial charge on any atom is 0.160 e. The van der Waals surface area contributed by atoms with Gasteiger partial charge in [-0.15, -0.1) is 0 Å². The van der Waals surface area contributed by atoms with E-state index >= 15 is 0 Å². The Kier molecular flexibility index (Phi) is 11.7. The van der Waals surface area contributed by atoms with Crippen molar-refractivity contribution in [3.05, 3.63) is 315 Å². The van der Waals surface area contributed by atoms with Crippen LogP contribution in [0.15, 0.2) is 303 Å². The monoisotopic (exact) mass is 1160 g/mol. The van der Waals surface area contributed by atoms with Crippen molar-refractivity contribution in [3.63, 3.8) is 0 Å². The van der Waals surface area contributed by atoms with Gasteiger partial charge in [0.25, 0.3) is 0 Å². The maximum absolute atomic E-state index is 15.0. The first-order valence-corrected chi connectivity index (χ1v) is 30.5. The number of fused-ring (bicyclic) bond motifs is 12. The highest BCUT2D eigenvalue weighted by Gasteiger charge is 2.21. The fourth-order valence-corrected chi connectivity index (χ4v) is 14.1. The fraction of sp³-hybridized carbons (Fsp3) is 0. The van der Waals surface area contributed by atoms with Crippen LogP contribution in [0.4, 0.5) is 4.39 Å². The summed E-state index contributed by atoms with van der Waals surface area (Å²) in [6.45, 7) is 0. The molecule has 0 spiro atoms. The number of nitrogens with zero attached hydrogens (tertiary/aromatic N) is 7. The first-order chi connectivity index (χ1) is 45.0. The zero-order chi connectivity index (χ0) is 60.3. The molecule has 91 heavy (non-hydrogen) atoms. The summed E-state index contributed by atoms with van der Waals surface area (Å²) >= 11 is 0. The Balaban J connectivity index is 0.717. The molecule has 424 valence electrons. The Morgan fingerprint density at radius 3 is 1.00 bits per heavy atom. The first-order valence-electron chi connectivity index (χ1n) is 30.5. The van der Waals surface area contributed by atoms with Gasteiger partial charge in [0.15, 0.2) is 5.82 Å². The molecule has 0 aliphatic rings. The molecule has 18 rings (SSSR count). The molecule has 0 unspecified atom stereocenters. The largest absolute Gasteiger partial charge is 0.309 e. The van der Waals surface area contributed by atoms with E-state index in [4.69, 9.17) is 9.97 Å². The molecule has 0 radical (unpaired) electrons. The van der Waals surface area contributed by atoms with Crippen molar-refractivity contribution >= 4 is 87.2 Å². The number of para-hydroxylation sites is 6. The van der Waals surface area contributed by atoms with Gasteiger partial charge in [-0.25, -0.2) is 14.4 Å². The summed E-state index contributed by atoms with van der Waals surface area (Å²) in [5.41, 5.74) is 21.3. The average Bonchev–Trinajstić information content (AvgIpc) is 2.15. The normalized spacial score (nSPS) is 11.8. The second-order valence-corrected chi connectivity index (χ2v) is 23.4. The summed E-state index contributed by atoms with van der Waals surface area (Å²) in [6.07, 6.45) is 0. The average molecular weight is 1160 g/mol. The summed E-state index contributed by atoms with van der Waals surface area (Å²) < 4.78 is 24.3. The fourth-order valence-electron chi connectivity index (χ4n) is 14.1. The molecule has 0 aliphatic carbocycles. The second kappa shape index (κ2) is 20.6. The van der Waals surface area contributed by atoms with Crippen molar-refractivity contribution in [3.8, 4) is 85.0 Å². The van der Waals surface area contributed by atoms with Crippen molar-refractivity contribution in [1.82, 2.24) is 28.2 Å². The Hall–Kier alpha value is -12.4. The standard InChI is InChI=1S/C83H50FN7/c84-72-39-32-58(44-59(72)51-85)74-50-73(57-16-15-21-63(45-57)91-78-29-14-10-25-67(78)71-49-56(36-43-82(71)91)54-34-41-80-69(47-54)65-23-8-12-27-76(65)89(80)61-19-5-2-6-20-61)86-83(87-74)52-30-37-62(38-31-52)90-77-28-13-9-24-66(77)70-48-55(35-42-81(70)90)53-33-40-79-68(46-53)64-22-7-11-26-75(64)88(79)60-17-3-1-4-18-60/h1-50H. The van der Waals surface area contributed by atoms with Gasteiger partial charge in [-0.05, 0) is 180 Å². The van der Waals surface area contributed by atoms with Gasteiger partial charge < -0.3 is 18.3 Å². The Morgan fingerprint density at radius 2 is 0.582 bits per heavy atom. The quantitative estimate of drug-likeness (QED) is 0.145. The van der Waals surface area contributed by atoms with Gasteiger partial charge in [-0.3, -0.25) is 0 Å². The molecular formula is C83H50FN7. The van der Waals surface area contributed by atoms with Crippen molar-refractivity contribution in [1.29, 1.82) is 5.26 Å². The lowest BCUT2D eigenvalue weighted by molar-refractivity contribution is 0.624. The maximum atomic E-state index is 15.0. The molecule has 0 atom stereocenters. The molecule has 0 saturated heterocycles. The third kappa shape index (κ3) is 8.33. The molecule has 0 fully saturated rings. The van der Waals surface area contributed by atoms with Crippen LogP contribution in [0.1, 0.15) is 5.56 Å². The second-order valence-electron chi connectivity index (χ2n) is 23.4. The van der Waals surface area contributed by atoms with E-state index in [1.165, 1.54) is 49.7 Å². The van der Waals surface area contributed by atoms with E-state index < -0.39 is 5.82 Å². The van der Waals surface area contributed by atoms with E-state index in [2.05, 4.69) is 297 Å². The molecule has 5 aromatic heterocycles. The van der Waals surface area contributed by atoms with Crippen molar-refractivity contribution in [2.75, 3.05) is 0 Å². The molecular weight excluding hydrogens is 1110 g/mol. The highest BCUT2D eigenvalue weighted by molar-refractivity contribution is 6.15. The molecule has 0 N–H and O–H groups in total. The van der Waals surface area contributed by atoms with Crippen molar-refractivity contribution in [2.24, 2.45) is 0 Å². The smallest absolute Gasteiger partial charge is 0.160 e. The Bertz CT molecular complexity index is 6040. The Morgan fingerprint density at radius 1 is 0.253 bits per heavy atom. The lowest BCUT2D eigenvalue weighted by Gasteiger charge is -2.13. The number of hydrogen-bond donors (Lipinski definition) is 0. The van der Waals surface area contributed by atoms with Gasteiger partial charge in [0.1, 0.15) is 11.9 Å². The molecule has 5 heterocycles. The number of nitriles is 1. The van der Waals surface area contributed by atoms with Crippen LogP contribution >= 0.6 is 0 Å². The van der Waals surface area contributed by atoms with E-state index in [1.807, 2.05) is 12.1 Å². The highest BCUT2D eigenvalue weighted by atomic mass is 19.1. The van der Waals surface area contributed by atoms with Crippen LogP contribution in [0, 0.1) is 17.1 Å². The number of rotatable bonds is 9. The van der Waals surface area contributed by atoms with E-state index in [-0.39, 0.29) is 5.56 Å². The molecule has 13 aromatic carbocycles. The molecule has 0 amide bonds. The zero-order valence-electron chi connectivity index (χ0n) is 48.9. The molecule has 0 aliphatic heterocycles. The Labute approximate surface area is 521 Å². The van der Waals surface area contributed by atoms with Gasteiger partial charge in [0.2, 0.25) is 0 Å². The highest BCUT2D eigenvalue weighted by Crippen LogP contribution is 2.42. The number of hydrogen-bond acceptors (Lipinski definition) is 3. The van der Waals surface area contributed by atoms with Crippen LogP contribution in [-0.2, 0) is 0 Å². The third-order valence-corrected chi connectivity index (χ3v) is 18.3. The number of benzene rings is 13. The predicted octanol–water partition coefficient (Wildman–Crippen LogP) is 21.2. The minimum absolute atomic E-state index is 0.0529.